The van der Waals surface area contributed by atoms with E-state index < -0.39 is 23.6 Å². The van der Waals surface area contributed by atoms with E-state index in [9.17, 15) is 14.4 Å². The van der Waals surface area contributed by atoms with Crippen molar-refractivity contribution < 1.29 is 23.5 Å². The highest BCUT2D eigenvalue weighted by molar-refractivity contribution is 5.95. The fourth-order valence-electron chi connectivity index (χ4n) is 3.52. The van der Waals surface area contributed by atoms with Crippen LogP contribution in [0.2, 0.25) is 0 Å². The van der Waals surface area contributed by atoms with Gasteiger partial charge in [-0.25, -0.2) is 4.79 Å². The van der Waals surface area contributed by atoms with Crippen LogP contribution in [0.5, 0.6) is 5.75 Å². The molecule has 0 saturated heterocycles. The first-order valence-electron chi connectivity index (χ1n) is 10.4. The molecule has 0 bridgehead atoms. The Morgan fingerprint density at radius 2 is 1.84 bits per heavy atom. The quantitative estimate of drug-likeness (QED) is 0.439. The number of aryl methyl sites for hydroxylation is 3. The molecule has 3 aromatic rings. The molecule has 7 heteroatoms. The van der Waals surface area contributed by atoms with Crippen LogP contribution in [0.4, 0.5) is 5.69 Å². The van der Waals surface area contributed by atoms with E-state index in [-0.39, 0.29) is 12.8 Å². The first-order chi connectivity index (χ1) is 15.2. The number of esters is 1. The number of benzene rings is 2. The smallest absolute Gasteiger partial charge is 0.339 e. The lowest BCUT2D eigenvalue weighted by Gasteiger charge is -2.15. The summed E-state index contributed by atoms with van der Waals surface area (Å²) in [5.74, 6) is -0.396. The topological polar surface area (TPSA) is 94.8 Å². The van der Waals surface area contributed by atoms with Crippen LogP contribution in [0.15, 0.2) is 45.6 Å². The predicted octanol–water partition coefficient (Wildman–Crippen LogP) is 4.23. The Labute approximate surface area is 186 Å². The fourth-order valence-corrected chi connectivity index (χ4v) is 3.52. The molecule has 0 aliphatic rings. The lowest BCUT2D eigenvalue weighted by Crippen LogP contribution is -2.30. The molecule has 0 spiro atoms. The zero-order chi connectivity index (χ0) is 23.4. The van der Waals surface area contributed by atoms with Crippen LogP contribution in [0, 0.1) is 20.8 Å². The Morgan fingerprint density at radius 3 is 2.53 bits per heavy atom. The lowest BCUT2D eigenvalue weighted by atomic mass is 10.0. The van der Waals surface area contributed by atoms with Crippen molar-refractivity contribution in [3.8, 4) is 5.75 Å². The largest absolute Gasteiger partial charge is 0.497 e. The van der Waals surface area contributed by atoms with Gasteiger partial charge in [0.05, 0.1) is 7.11 Å². The number of anilines is 1. The SMILES string of the molecule is COc1ccc2c(C)c(CCC(=O)OC(C)C(=O)Nc3ccc(C)cc3C)c(=O)oc2c1. The van der Waals surface area contributed by atoms with Crippen LogP contribution in [-0.4, -0.2) is 25.1 Å². The first kappa shape index (κ1) is 23.1. The van der Waals surface area contributed by atoms with Gasteiger partial charge in [0, 0.05) is 29.1 Å². The molecule has 2 aromatic carbocycles. The molecule has 168 valence electrons. The number of hydrogen-bond donors (Lipinski definition) is 1. The lowest BCUT2D eigenvalue weighted by molar-refractivity contribution is -0.153. The monoisotopic (exact) mass is 437 g/mol. The number of methoxy groups -OCH3 is 1. The Balaban J connectivity index is 1.63. The van der Waals surface area contributed by atoms with E-state index in [2.05, 4.69) is 5.32 Å². The van der Waals surface area contributed by atoms with Crippen molar-refractivity contribution in [2.75, 3.05) is 12.4 Å². The highest BCUT2D eigenvalue weighted by atomic mass is 16.5. The molecule has 3 rings (SSSR count). The molecular formula is C25H27NO6. The molecule has 1 heterocycles. The van der Waals surface area contributed by atoms with Crippen molar-refractivity contribution in [2.24, 2.45) is 0 Å². The number of fused-ring (bicyclic) bond motifs is 1. The number of amides is 1. The van der Waals surface area contributed by atoms with Gasteiger partial charge in [0.15, 0.2) is 6.10 Å². The molecule has 0 radical (unpaired) electrons. The highest BCUT2D eigenvalue weighted by Crippen LogP contribution is 2.24. The third-order valence-electron chi connectivity index (χ3n) is 5.39. The van der Waals surface area contributed by atoms with Crippen LogP contribution >= 0.6 is 0 Å². The molecule has 32 heavy (non-hydrogen) atoms. The van der Waals surface area contributed by atoms with Gasteiger partial charge in [-0.3, -0.25) is 9.59 Å². The van der Waals surface area contributed by atoms with Crippen molar-refractivity contribution in [2.45, 2.75) is 46.6 Å². The van der Waals surface area contributed by atoms with E-state index in [1.807, 2.05) is 45.0 Å². The fraction of sp³-hybridized carbons (Fsp3) is 0.320. The maximum absolute atomic E-state index is 12.4. The summed E-state index contributed by atoms with van der Waals surface area (Å²) in [6.07, 6.45) is -0.862. The maximum atomic E-state index is 12.4. The van der Waals surface area contributed by atoms with Gasteiger partial charge in [0.2, 0.25) is 0 Å². The van der Waals surface area contributed by atoms with E-state index >= 15 is 0 Å². The summed E-state index contributed by atoms with van der Waals surface area (Å²) in [6, 6.07) is 10.9. The molecule has 0 fully saturated rings. The van der Waals surface area contributed by atoms with Crippen molar-refractivity contribution in [3.63, 3.8) is 0 Å². The molecule has 7 nitrogen and oxygen atoms in total. The number of carbonyl (C=O) groups is 2. The summed E-state index contributed by atoms with van der Waals surface area (Å²) in [7, 11) is 1.54. The summed E-state index contributed by atoms with van der Waals surface area (Å²) in [6.45, 7) is 7.19. The Hall–Kier alpha value is -3.61. The minimum absolute atomic E-state index is 0.0472. The Bertz CT molecular complexity index is 1230. The molecule has 1 amide bonds. The first-order valence-corrected chi connectivity index (χ1v) is 10.4. The van der Waals surface area contributed by atoms with E-state index in [4.69, 9.17) is 13.9 Å². The summed E-state index contributed by atoms with van der Waals surface area (Å²) in [5.41, 5.74) is 3.76. The average Bonchev–Trinajstić information content (AvgIpc) is 2.74. The van der Waals surface area contributed by atoms with Crippen molar-refractivity contribution in [3.05, 3.63) is 69.1 Å². The predicted molar refractivity (Wildman–Crippen MR) is 122 cm³/mol. The van der Waals surface area contributed by atoms with E-state index in [1.165, 1.54) is 14.0 Å². The third-order valence-corrected chi connectivity index (χ3v) is 5.39. The van der Waals surface area contributed by atoms with Gasteiger partial charge < -0.3 is 19.2 Å². The molecule has 0 saturated carbocycles. The second-order valence-electron chi connectivity index (χ2n) is 7.79. The zero-order valence-corrected chi connectivity index (χ0v) is 18.9. The average molecular weight is 437 g/mol. The molecule has 1 N–H and O–H groups in total. The second kappa shape index (κ2) is 9.68. The van der Waals surface area contributed by atoms with Gasteiger partial charge in [0.25, 0.3) is 5.91 Å². The number of rotatable bonds is 7. The molecule has 1 unspecified atom stereocenters. The van der Waals surface area contributed by atoms with Gasteiger partial charge in [-0.05, 0) is 63.4 Å². The minimum atomic E-state index is -0.968. The Kier molecular flexibility index (Phi) is 6.98. The number of nitrogens with one attached hydrogen (secondary N) is 1. The van der Waals surface area contributed by atoms with Gasteiger partial charge in [-0.15, -0.1) is 0 Å². The summed E-state index contributed by atoms with van der Waals surface area (Å²) >= 11 is 0. The molecular weight excluding hydrogens is 410 g/mol. The maximum Gasteiger partial charge on any atom is 0.339 e. The van der Waals surface area contributed by atoms with E-state index in [0.717, 1.165) is 22.1 Å². The standard InChI is InChI=1S/C25H27NO6/c1-14-6-10-21(15(2)12-14)26-24(28)17(4)31-23(27)11-9-20-16(3)19-8-7-18(30-5)13-22(19)32-25(20)29/h6-8,10,12-13,17H,9,11H2,1-5H3,(H,26,28). The molecule has 1 aromatic heterocycles. The van der Waals surface area contributed by atoms with Gasteiger partial charge in [-0.1, -0.05) is 17.7 Å². The van der Waals surface area contributed by atoms with Crippen LogP contribution in [0.1, 0.15) is 35.6 Å². The van der Waals surface area contributed by atoms with Crippen LogP contribution < -0.4 is 15.7 Å². The minimum Gasteiger partial charge on any atom is -0.497 e. The molecule has 0 aliphatic heterocycles. The number of ether oxygens (including phenoxy) is 2. The van der Waals surface area contributed by atoms with Gasteiger partial charge in [0.1, 0.15) is 11.3 Å². The van der Waals surface area contributed by atoms with E-state index in [1.54, 1.807) is 12.1 Å². The van der Waals surface area contributed by atoms with Crippen LogP contribution in [-0.2, 0) is 20.7 Å². The van der Waals surface area contributed by atoms with E-state index in [0.29, 0.717) is 22.6 Å². The van der Waals surface area contributed by atoms with Crippen LogP contribution in [0.3, 0.4) is 0 Å². The van der Waals surface area contributed by atoms with Gasteiger partial charge >= 0.3 is 11.6 Å². The van der Waals surface area contributed by atoms with Crippen molar-refractivity contribution in [1.82, 2.24) is 0 Å². The Morgan fingerprint density at radius 1 is 1.09 bits per heavy atom. The number of carbonyl (C=O) groups excluding carboxylic acids is 2. The van der Waals surface area contributed by atoms with Crippen molar-refractivity contribution >= 4 is 28.5 Å². The summed E-state index contributed by atoms with van der Waals surface area (Å²) < 4.78 is 15.8. The highest BCUT2D eigenvalue weighted by Gasteiger charge is 2.20. The molecule has 0 aliphatic carbocycles. The van der Waals surface area contributed by atoms with Crippen molar-refractivity contribution in [1.29, 1.82) is 0 Å². The summed E-state index contributed by atoms with van der Waals surface area (Å²) in [5, 5.41) is 3.55. The second-order valence-corrected chi connectivity index (χ2v) is 7.79. The van der Waals surface area contributed by atoms with Gasteiger partial charge in [-0.2, -0.15) is 0 Å². The third kappa shape index (κ3) is 5.17. The van der Waals surface area contributed by atoms with Crippen LogP contribution in [0.25, 0.3) is 11.0 Å². The summed E-state index contributed by atoms with van der Waals surface area (Å²) in [4.78, 5) is 37.1. The normalized spacial score (nSPS) is 11.8. The molecule has 1 atom stereocenters. The zero-order valence-electron chi connectivity index (χ0n) is 18.9. The number of hydrogen-bond acceptors (Lipinski definition) is 6.